The average molecular weight is 583 g/mol. The molecule has 43 heavy (non-hydrogen) atoms. The topological polar surface area (TPSA) is 119 Å². The lowest BCUT2D eigenvalue weighted by Crippen LogP contribution is -2.30. The molecule has 3 heterocycles. The normalized spacial score (nSPS) is 13.6. The molecule has 0 atom stereocenters. The number of rotatable bonds is 11. The molecule has 4 aromatic rings. The van der Waals surface area contributed by atoms with Crippen molar-refractivity contribution in [2.24, 2.45) is 0 Å². The maximum absolute atomic E-state index is 13.4. The van der Waals surface area contributed by atoms with E-state index in [9.17, 15) is 9.59 Å². The van der Waals surface area contributed by atoms with Crippen LogP contribution in [0.1, 0.15) is 64.2 Å². The van der Waals surface area contributed by atoms with Crippen LogP contribution in [0.25, 0.3) is 11.0 Å². The van der Waals surface area contributed by atoms with Crippen molar-refractivity contribution in [1.29, 1.82) is 0 Å². The first-order valence-electron chi connectivity index (χ1n) is 14.9. The molecule has 1 aliphatic heterocycles. The van der Waals surface area contributed by atoms with Crippen LogP contribution in [0.4, 0.5) is 5.69 Å². The van der Waals surface area contributed by atoms with Gasteiger partial charge in [-0.25, -0.2) is 9.67 Å². The molecular formula is C32H39BN6O4. The number of carbonyl (C=O) groups is 2. The van der Waals surface area contributed by atoms with Gasteiger partial charge in [-0.2, -0.15) is 5.10 Å². The van der Waals surface area contributed by atoms with Gasteiger partial charge in [-0.3, -0.25) is 9.59 Å². The molecule has 0 aliphatic carbocycles. The highest BCUT2D eigenvalue weighted by Crippen LogP contribution is 2.31. The van der Waals surface area contributed by atoms with Crippen LogP contribution in [0, 0.1) is 0 Å². The summed E-state index contributed by atoms with van der Waals surface area (Å²) < 4.78 is 12.9. The third kappa shape index (κ3) is 6.83. The molecule has 0 unspecified atom stereocenters. The molecule has 1 saturated heterocycles. The summed E-state index contributed by atoms with van der Waals surface area (Å²) in [6.07, 6.45) is 4.38. The van der Waals surface area contributed by atoms with E-state index in [0.29, 0.717) is 29.8 Å². The van der Waals surface area contributed by atoms with E-state index < -0.39 is 0 Å². The number of pyridine rings is 1. The Labute approximate surface area is 253 Å². The molecule has 1 fully saturated rings. The van der Waals surface area contributed by atoms with Gasteiger partial charge in [0.2, 0.25) is 0 Å². The number of anilines is 1. The number of aromatic nitrogens is 3. The highest BCUT2D eigenvalue weighted by atomic mass is 16.5. The fourth-order valence-corrected chi connectivity index (χ4v) is 5.50. The summed E-state index contributed by atoms with van der Waals surface area (Å²) in [5.74, 6) is 0.182. The van der Waals surface area contributed by atoms with E-state index in [4.69, 9.17) is 14.5 Å². The van der Waals surface area contributed by atoms with Crippen molar-refractivity contribution in [3.63, 3.8) is 0 Å². The maximum Gasteiger partial charge on any atom is 0.251 e. The summed E-state index contributed by atoms with van der Waals surface area (Å²) in [4.78, 5) is 31.3. The number of fused-ring (bicyclic) bond motifs is 1. The molecule has 11 heteroatoms. The van der Waals surface area contributed by atoms with Crippen molar-refractivity contribution >= 4 is 41.8 Å². The lowest BCUT2D eigenvalue weighted by atomic mass is 9.94. The van der Waals surface area contributed by atoms with Crippen molar-refractivity contribution in [2.75, 3.05) is 25.6 Å². The lowest BCUT2D eigenvalue weighted by molar-refractivity contribution is 0.0904. The maximum atomic E-state index is 13.4. The highest BCUT2D eigenvalue weighted by molar-refractivity contribution is 6.32. The van der Waals surface area contributed by atoms with Gasteiger partial charge in [0.1, 0.15) is 13.6 Å². The fourth-order valence-electron chi connectivity index (χ4n) is 5.50. The summed E-state index contributed by atoms with van der Waals surface area (Å²) in [5, 5.41) is 15.3. The summed E-state index contributed by atoms with van der Waals surface area (Å²) in [6, 6.07) is 12.9. The number of nitrogens with zero attached hydrogens (tertiary/aromatic N) is 3. The van der Waals surface area contributed by atoms with Gasteiger partial charge >= 0.3 is 0 Å². The van der Waals surface area contributed by atoms with Gasteiger partial charge in [0, 0.05) is 66.8 Å². The Hall–Kier alpha value is -4.38. The Balaban J connectivity index is 1.34. The Morgan fingerprint density at radius 2 is 1.77 bits per heavy atom. The number of hydrogen-bond donors (Lipinski definition) is 3. The number of nitrogens with one attached hydrogen (secondary N) is 3. The number of hydrogen-bond acceptors (Lipinski definition) is 7. The number of ether oxygens (including phenoxy) is 2. The molecule has 10 nitrogen and oxygen atoms in total. The molecule has 1 aliphatic rings. The predicted octanol–water partition coefficient (Wildman–Crippen LogP) is 2.73. The van der Waals surface area contributed by atoms with Crippen LogP contribution >= 0.6 is 0 Å². The SMILES string of the molecule is Bc1ccc(OC)c(CNC(=O)c2cccc(C(=O)NCc3c(CC)nc4c(cnn4CC)c3NC3CCOCC3)c2)c1. The molecular weight excluding hydrogens is 543 g/mol. The largest absolute Gasteiger partial charge is 0.496 e. The standard InChI is InChI=1S/C32H39BN6O4/c1-4-27-25(29(37-24-11-13-43-14-12-24)26-19-36-39(5-2)30(26)38-27)18-35-32(41)21-8-6-7-20(15-21)31(40)34-17-22-16-23(33)9-10-28(22)42-3/h6-10,15-16,19,24H,4-5,11-14,17-18,33H2,1-3H3,(H,34,40)(H,35,41)(H,37,38). The van der Waals surface area contributed by atoms with Crippen LogP contribution in [0.5, 0.6) is 5.75 Å². The van der Waals surface area contributed by atoms with Crippen LogP contribution in [0.3, 0.4) is 0 Å². The molecule has 2 aromatic carbocycles. The van der Waals surface area contributed by atoms with Crippen LogP contribution < -0.4 is 26.2 Å². The van der Waals surface area contributed by atoms with E-state index in [2.05, 4.69) is 28.0 Å². The monoisotopic (exact) mass is 582 g/mol. The number of methoxy groups -OCH3 is 1. The lowest BCUT2D eigenvalue weighted by Gasteiger charge is -2.26. The first-order chi connectivity index (χ1) is 20.9. The second-order valence-corrected chi connectivity index (χ2v) is 10.8. The van der Waals surface area contributed by atoms with Gasteiger partial charge in [-0.1, -0.05) is 30.6 Å². The van der Waals surface area contributed by atoms with Crippen LogP contribution in [-0.4, -0.2) is 60.8 Å². The zero-order valence-electron chi connectivity index (χ0n) is 25.3. The Bertz CT molecular complexity index is 1620. The first kappa shape index (κ1) is 30.1. The minimum absolute atomic E-state index is 0.262. The van der Waals surface area contributed by atoms with Crippen molar-refractivity contribution < 1.29 is 19.1 Å². The molecule has 0 spiro atoms. The minimum Gasteiger partial charge on any atom is -0.496 e. The molecule has 0 saturated carbocycles. The average Bonchev–Trinajstić information content (AvgIpc) is 3.46. The van der Waals surface area contributed by atoms with Gasteiger partial charge in [-0.05, 0) is 50.5 Å². The fraction of sp³-hybridized carbons (Fsp3) is 0.375. The summed E-state index contributed by atoms with van der Waals surface area (Å²) in [6.45, 7) is 6.87. The molecule has 2 amide bonds. The molecule has 3 N–H and O–H groups in total. The van der Waals surface area contributed by atoms with Gasteiger partial charge in [-0.15, -0.1) is 0 Å². The minimum atomic E-state index is -0.267. The van der Waals surface area contributed by atoms with E-state index in [0.717, 1.165) is 71.6 Å². The Morgan fingerprint density at radius 1 is 1.05 bits per heavy atom. The molecule has 5 rings (SSSR count). The van der Waals surface area contributed by atoms with Crippen LogP contribution in [-0.2, 0) is 30.8 Å². The van der Waals surface area contributed by atoms with Crippen LogP contribution in [0.15, 0.2) is 48.7 Å². The van der Waals surface area contributed by atoms with Gasteiger partial charge in [0.15, 0.2) is 5.65 Å². The molecule has 0 bridgehead atoms. The van der Waals surface area contributed by atoms with Crippen molar-refractivity contribution in [2.45, 2.75) is 58.8 Å². The molecule has 0 radical (unpaired) electrons. The molecule has 224 valence electrons. The Kier molecular flexibility index (Phi) is 9.61. The second-order valence-electron chi connectivity index (χ2n) is 10.8. The quantitative estimate of drug-likeness (QED) is 0.233. The van der Waals surface area contributed by atoms with Crippen LogP contribution in [0.2, 0.25) is 0 Å². The van der Waals surface area contributed by atoms with Gasteiger partial charge in [0.25, 0.3) is 11.8 Å². The second kappa shape index (κ2) is 13.7. The Morgan fingerprint density at radius 3 is 2.44 bits per heavy atom. The van der Waals surface area contributed by atoms with Gasteiger partial charge in [0.05, 0.1) is 24.4 Å². The summed E-state index contributed by atoms with van der Waals surface area (Å²) in [7, 11) is 3.60. The summed E-state index contributed by atoms with van der Waals surface area (Å²) >= 11 is 0. The van der Waals surface area contributed by atoms with Crippen molar-refractivity contribution in [3.8, 4) is 5.75 Å². The number of aryl methyl sites for hydroxylation is 2. The third-order valence-corrected chi connectivity index (χ3v) is 7.86. The first-order valence-corrected chi connectivity index (χ1v) is 14.9. The third-order valence-electron chi connectivity index (χ3n) is 7.86. The van der Waals surface area contributed by atoms with Crippen molar-refractivity contribution in [1.82, 2.24) is 25.4 Å². The highest BCUT2D eigenvalue weighted by Gasteiger charge is 2.22. The van der Waals surface area contributed by atoms with E-state index in [-0.39, 0.29) is 24.4 Å². The predicted molar refractivity (Wildman–Crippen MR) is 170 cm³/mol. The zero-order chi connectivity index (χ0) is 30.3. The number of benzene rings is 2. The molecule has 2 aromatic heterocycles. The number of carbonyl (C=O) groups excluding carboxylic acids is 2. The smallest absolute Gasteiger partial charge is 0.251 e. The number of amides is 2. The zero-order valence-corrected chi connectivity index (χ0v) is 25.3. The van der Waals surface area contributed by atoms with E-state index >= 15 is 0 Å². The van der Waals surface area contributed by atoms with E-state index in [1.54, 1.807) is 31.4 Å². The summed E-state index contributed by atoms with van der Waals surface area (Å²) in [5.41, 5.74) is 6.45. The van der Waals surface area contributed by atoms with E-state index in [1.807, 2.05) is 43.8 Å². The van der Waals surface area contributed by atoms with Gasteiger partial charge < -0.3 is 25.4 Å². The van der Waals surface area contributed by atoms with Crippen molar-refractivity contribution in [3.05, 3.63) is 76.6 Å². The van der Waals surface area contributed by atoms with E-state index in [1.165, 1.54) is 0 Å².